The van der Waals surface area contributed by atoms with Crippen LogP contribution in [-0.2, 0) is 0 Å². The highest BCUT2D eigenvalue weighted by Crippen LogP contribution is 2.26. The van der Waals surface area contributed by atoms with Crippen LogP contribution in [0.15, 0.2) is 46.9 Å². The van der Waals surface area contributed by atoms with Crippen molar-refractivity contribution in [3.05, 3.63) is 63.8 Å². The Bertz CT molecular complexity index is 800. The van der Waals surface area contributed by atoms with Gasteiger partial charge in [0.25, 0.3) is 0 Å². The van der Waals surface area contributed by atoms with E-state index >= 15 is 0 Å². The highest BCUT2D eigenvalue weighted by atomic mass is 79.9. The summed E-state index contributed by atoms with van der Waals surface area (Å²) >= 11 is 3.37. The summed E-state index contributed by atoms with van der Waals surface area (Å²) < 4.78 is 0.804. The minimum absolute atomic E-state index is 0.0204. The monoisotopic (exact) mass is 328 g/mol. The molecule has 0 unspecified atom stereocenters. The van der Waals surface area contributed by atoms with Crippen LogP contribution in [0.1, 0.15) is 21.6 Å². The quantitative estimate of drug-likeness (QED) is 0.550. The molecule has 0 saturated heterocycles. The molecule has 1 heterocycles. The van der Waals surface area contributed by atoms with E-state index in [1.807, 2.05) is 31.2 Å². The zero-order valence-corrected chi connectivity index (χ0v) is 12.5. The number of benzene rings is 2. The first-order valence-electron chi connectivity index (χ1n) is 6.24. The molecule has 3 rings (SSSR count). The maximum Gasteiger partial charge on any atom is 0.195 e. The van der Waals surface area contributed by atoms with E-state index in [1.165, 1.54) is 0 Å². The number of anilines is 1. The second-order valence-corrected chi connectivity index (χ2v) is 5.69. The van der Waals surface area contributed by atoms with Crippen molar-refractivity contribution in [2.45, 2.75) is 6.92 Å². The molecule has 0 amide bonds. The summed E-state index contributed by atoms with van der Waals surface area (Å²) in [5.41, 5.74) is 9.51. The number of nitrogen functional groups attached to an aromatic ring is 1. The molecule has 2 aromatic carbocycles. The van der Waals surface area contributed by atoms with Crippen molar-refractivity contribution in [3.63, 3.8) is 0 Å². The molecule has 20 heavy (non-hydrogen) atoms. The maximum absolute atomic E-state index is 12.8. The van der Waals surface area contributed by atoms with E-state index in [2.05, 4.69) is 20.9 Å². The van der Waals surface area contributed by atoms with E-state index in [4.69, 9.17) is 5.73 Å². The van der Waals surface area contributed by atoms with E-state index in [1.54, 1.807) is 18.2 Å². The molecular formula is C16H13BrN2O. The van der Waals surface area contributed by atoms with E-state index in [0.717, 1.165) is 21.1 Å². The smallest absolute Gasteiger partial charge is 0.195 e. The van der Waals surface area contributed by atoms with Crippen LogP contribution >= 0.6 is 15.9 Å². The van der Waals surface area contributed by atoms with Crippen molar-refractivity contribution in [2.24, 2.45) is 0 Å². The SMILES string of the molecule is Cc1[nH]c2ccccc2c1C(=O)c1cc(N)cc(Br)c1. The zero-order valence-electron chi connectivity index (χ0n) is 10.9. The number of hydrogen-bond acceptors (Lipinski definition) is 2. The van der Waals surface area contributed by atoms with Crippen molar-refractivity contribution in [2.75, 3.05) is 5.73 Å². The molecule has 0 spiro atoms. The highest BCUT2D eigenvalue weighted by Gasteiger charge is 2.18. The molecule has 1 aromatic heterocycles. The van der Waals surface area contributed by atoms with E-state index in [-0.39, 0.29) is 5.78 Å². The van der Waals surface area contributed by atoms with Gasteiger partial charge in [-0.25, -0.2) is 0 Å². The number of para-hydroxylation sites is 1. The summed E-state index contributed by atoms with van der Waals surface area (Å²) in [5, 5.41) is 0.938. The van der Waals surface area contributed by atoms with Crippen molar-refractivity contribution >= 4 is 38.3 Å². The Morgan fingerprint density at radius 2 is 1.95 bits per heavy atom. The number of hydrogen-bond donors (Lipinski definition) is 2. The second-order valence-electron chi connectivity index (χ2n) is 4.77. The third-order valence-corrected chi connectivity index (χ3v) is 3.76. The van der Waals surface area contributed by atoms with Crippen LogP contribution in [0.2, 0.25) is 0 Å². The number of rotatable bonds is 2. The van der Waals surface area contributed by atoms with Gasteiger partial charge in [-0.3, -0.25) is 4.79 Å². The molecule has 3 N–H and O–H groups in total. The maximum atomic E-state index is 12.8. The molecule has 100 valence electrons. The van der Waals surface area contributed by atoms with Gasteiger partial charge in [0.1, 0.15) is 0 Å². The Labute approximate surface area is 124 Å². The molecule has 0 bridgehead atoms. The summed E-state index contributed by atoms with van der Waals surface area (Å²) in [4.78, 5) is 16.0. The Hall–Kier alpha value is -2.07. The molecule has 3 nitrogen and oxygen atoms in total. The fraction of sp³-hybridized carbons (Fsp3) is 0.0625. The molecule has 0 atom stereocenters. The van der Waals surface area contributed by atoms with Gasteiger partial charge in [-0.05, 0) is 31.2 Å². The summed E-state index contributed by atoms with van der Waals surface area (Å²) in [6.45, 7) is 1.91. The fourth-order valence-electron chi connectivity index (χ4n) is 2.46. The van der Waals surface area contributed by atoms with Gasteiger partial charge in [-0.15, -0.1) is 0 Å². The predicted molar refractivity (Wildman–Crippen MR) is 85.0 cm³/mol. The number of carbonyl (C=O) groups excluding carboxylic acids is 1. The van der Waals surface area contributed by atoms with Crippen molar-refractivity contribution in [3.8, 4) is 0 Å². The number of halogens is 1. The number of aromatic nitrogens is 1. The summed E-state index contributed by atoms with van der Waals surface area (Å²) in [6.07, 6.45) is 0. The van der Waals surface area contributed by atoms with E-state index < -0.39 is 0 Å². The lowest BCUT2D eigenvalue weighted by Crippen LogP contribution is -2.03. The average molecular weight is 329 g/mol. The van der Waals surface area contributed by atoms with Gasteiger partial charge in [-0.2, -0.15) is 0 Å². The zero-order chi connectivity index (χ0) is 14.3. The molecule has 0 radical (unpaired) electrons. The first-order chi connectivity index (χ1) is 9.56. The molecule has 0 aliphatic rings. The number of carbonyl (C=O) groups is 1. The molecule has 0 fully saturated rings. The number of nitrogens with two attached hydrogens (primary N) is 1. The third-order valence-electron chi connectivity index (χ3n) is 3.30. The predicted octanol–water partition coefficient (Wildman–Crippen LogP) is 4.05. The van der Waals surface area contributed by atoms with Crippen molar-refractivity contribution in [1.82, 2.24) is 4.98 Å². The average Bonchev–Trinajstić information content (AvgIpc) is 2.72. The summed E-state index contributed by atoms with van der Waals surface area (Å²) in [7, 11) is 0. The number of aryl methyl sites for hydroxylation is 1. The Morgan fingerprint density at radius 1 is 1.20 bits per heavy atom. The lowest BCUT2D eigenvalue weighted by molar-refractivity contribution is 0.103. The Balaban J connectivity index is 2.20. The lowest BCUT2D eigenvalue weighted by Gasteiger charge is -2.04. The largest absolute Gasteiger partial charge is 0.399 e. The van der Waals surface area contributed by atoms with Gasteiger partial charge < -0.3 is 10.7 Å². The topological polar surface area (TPSA) is 58.9 Å². The molecule has 3 aromatic rings. The van der Waals surface area contributed by atoms with Crippen LogP contribution in [0.3, 0.4) is 0 Å². The number of nitrogens with one attached hydrogen (secondary N) is 1. The van der Waals surface area contributed by atoms with Crippen molar-refractivity contribution in [1.29, 1.82) is 0 Å². The Morgan fingerprint density at radius 3 is 2.70 bits per heavy atom. The summed E-state index contributed by atoms with van der Waals surface area (Å²) in [6, 6.07) is 13.1. The van der Waals surface area contributed by atoms with Crippen LogP contribution in [0.25, 0.3) is 10.9 Å². The standard InChI is InChI=1S/C16H13BrN2O/c1-9-15(13-4-2-3-5-14(13)19-9)16(20)10-6-11(17)8-12(18)7-10/h2-8,19H,18H2,1H3. The molecular weight excluding hydrogens is 316 g/mol. The van der Waals surface area contributed by atoms with Crippen molar-refractivity contribution < 1.29 is 4.79 Å². The Kier molecular flexibility index (Phi) is 3.10. The van der Waals surface area contributed by atoms with Crippen LogP contribution in [0, 0.1) is 6.92 Å². The molecule has 0 aliphatic heterocycles. The van der Waals surface area contributed by atoms with Crippen LogP contribution in [-0.4, -0.2) is 10.8 Å². The minimum atomic E-state index is -0.0204. The normalized spacial score (nSPS) is 10.9. The van der Waals surface area contributed by atoms with E-state index in [0.29, 0.717) is 16.8 Å². The minimum Gasteiger partial charge on any atom is -0.399 e. The molecule has 0 saturated carbocycles. The van der Waals surface area contributed by atoms with Gasteiger partial charge in [-0.1, -0.05) is 34.1 Å². The lowest BCUT2D eigenvalue weighted by atomic mass is 10.00. The van der Waals surface area contributed by atoms with Gasteiger partial charge >= 0.3 is 0 Å². The number of ketones is 1. The van der Waals surface area contributed by atoms with Gasteiger partial charge in [0.05, 0.1) is 5.56 Å². The number of fused-ring (bicyclic) bond motifs is 1. The van der Waals surface area contributed by atoms with Crippen LogP contribution in [0.5, 0.6) is 0 Å². The van der Waals surface area contributed by atoms with Gasteiger partial charge in [0.2, 0.25) is 0 Å². The second kappa shape index (κ2) is 4.80. The fourth-order valence-corrected chi connectivity index (χ4v) is 2.97. The number of H-pyrrole nitrogens is 1. The van der Waals surface area contributed by atoms with Crippen LogP contribution < -0.4 is 5.73 Å². The highest BCUT2D eigenvalue weighted by molar-refractivity contribution is 9.10. The van der Waals surface area contributed by atoms with Gasteiger partial charge in [0.15, 0.2) is 5.78 Å². The first-order valence-corrected chi connectivity index (χ1v) is 7.03. The first kappa shape index (κ1) is 12.9. The van der Waals surface area contributed by atoms with Crippen LogP contribution in [0.4, 0.5) is 5.69 Å². The third kappa shape index (κ3) is 2.12. The van der Waals surface area contributed by atoms with E-state index in [9.17, 15) is 4.79 Å². The molecule has 4 heteroatoms. The van der Waals surface area contributed by atoms with Gasteiger partial charge in [0, 0.05) is 32.3 Å². The molecule has 0 aliphatic carbocycles. The summed E-state index contributed by atoms with van der Waals surface area (Å²) in [5.74, 6) is -0.0204. The number of aromatic amines is 1.